The summed E-state index contributed by atoms with van der Waals surface area (Å²) in [5.74, 6) is 0.885. The summed E-state index contributed by atoms with van der Waals surface area (Å²) in [5, 5.41) is 12.1. The number of ether oxygens (including phenoxy) is 1. The Morgan fingerprint density at radius 2 is 2.19 bits per heavy atom. The number of hydrogen-bond acceptors (Lipinski definition) is 6. The van der Waals surface area contributed by atoms with Crippen LogP contribution in [0.4, 0.5) is 5.82 Å². The van der Waals surface area contributed by atoms with Crippen LogP contribution in [0.3, 0.4) is 0 Å². The molecule has 7 heteroatoms. The largest absolute Gasteiger partial charge is 0.480 e. The zero-order chi connectivity index (χ0) is 15.2. The average molecular weight is 308 g/mol. The van der Waals surface area contributed by atoms with E-state index in [1.165, 1.54) is 6.20 Å². The van der Waals surface area contributed by atoms with Crippen LogP contribution in [0.5, 0.6) is 5.88 Å². The molecule has 21 heavy (non-hydrogen) atoms. The van der Waals surface area contributed by atoms with Gasteiger partial charge in [0.25, 0.3) is 0 Å². The van der Waals surface area contributed by atoms with Crippen LogP contribution >= 0.6 is 11.6 Å². The second kappa shape index (κ2) is 7.19. The summed E-state index contributed by atoms with van der Waals surface area (Å²) in [5.41, 5.74) is 7.50. The maximum Gasteiger partial charge on any atom is 0.233 e. The molecule has 0 saturated carbocycles. The molecule has 0 bridgehead atoms. The molecule has 0 radical (unpaired) electrons. The summed E-state index contributed by atoms with van der Waals surface area (Å²) in [6, 6.07) is 5.19. The fraction of sp³-hybridized carbons (Fsp3) is 0.357. The van der Waals surface area contributed by atoms with Crippen LogP contribution in [0.1, 0.15) is 30.6 Å². The van der Waals surface area contributed by atoms with Crippen molar-refractivity contribution in [2.75, 3.05) is 19.4 Å². The van der Waals surface area contributed by atoms with Crippen molar-refractivity contribution in [3.05, 3.63) is 40.7 Å². The van der Waals surface area contributed by atoms with Gasteiger partial charge in [-0.2, -0.15) is 0 Å². The zero-order valence-electron chi connectivity index (χ0n) is 12.0. The zero-order valence-corrected chi connectivity index (χ0v) is 12.8. The van der Waals surface area contributed by atoms with E-state index in [1.807, 2.05) is 6.07 Å². The molecule has 1 unspecified atom stereocenters. The van der Waals surface area contributed by atoms with Gasteiger partial charge in [0, 0.05) is 17.8 Å². The van der Waals surface area contributed by atoms with Crippen molar-refractivity contribution in [1.82, 2.24) is 20.5 Å². The Kier molecular flexibility index (Phi) is 5.30. The van der Waals surface area contributed by atoms with Crippen molar-refractivity contribution in [3.8, 4) is 5.88 Å². The van der Waals surface area contributed by atoms with E-state index in [-0.39, 0.29) is 6.04 Å². The van der Waals surface area contributed by atoms with Crippen LogP contribution < -0.4 is 15.8 Å². The second-order valence-corrected chi connectivity index (χ2v) is 4.95. The van der Waals surface area contributed by atoms with Crippen molar-refractivity contribution >= 4 is 17.4 Å². The Bertz CT molecular complexity index is 590. The number of nitrogen functional groups attached to an aromatic ring is 1. The lowest BCUT2D eigenvalue weighted by molar-refractivity contribution is 0.390. The van der Waals surface area contributed by atoms with Crippen molar-refractivity contribution in [1.29, 1.82) is 0 Å². The number of nitrogens with one attached hydrogen (secondary N) is 1. The van der Waals surface area contributed by atoms with E-state index in [4.69, 9.17) is 22.1 Å². The van der Waals surface area contributed by atoms with E-state index in [2.05, 4.69) is 27.4 Å². The van der Waals surface area contributed by atoms with E-state index < -0.39 is 0 Å². The molecule has 0 aromatic carbocycles. The lowest BCUT2D eigenvalue weighted by Gasteiger charge is -2.19. The summed E-state index contributed by atoms with van der Waals surface area (Å²) < 4.78 is 5.03. The highest BCUT2D eigenvalue weighted by molar-refractivity contribution is 6.30. The van der Waals surface area contributed by atoms with Crippen LogP contribution in [0, 0.1) is 0 Å². The van der Waals surface area contributed by atoms with Gasteiger partial charge in [-0.05, 0) is 25.1 Å². The number of pyridine rings is 1. The van der Waals surface area contributed by atoms with E-state index >= 15 is 0 Å². The monoisotopic (exact) mass is 307 g/mol. The van der Waals surface area contributed by atoms with Gasteiger partial charge in [-0.1, -0.05) is 18.5 Å². The van der Waals surface area contributed by atoms with Crippen LogP contribution in [0.2, 0.25) is 5.02 Å². The first-order chi connectivity index (χ1) is 10.2. The van der Waals surface area contributed by atoms with E-state index in [0.29, 0.717) is 16.7 Å². The molecule has 2 aromatic heterocycles. The van der Waals surface area contributed by atoms with E-state index in [9.17, 15) is 0 Å². The number of methoxy groups -OCH3 is 1. The molecule has 0 saturated heterocycles. The van der Waals surface area contributed by atoms with Gasteiger partial charge < -0.3 is 15.8 Å². The normalized spacial score (nSPS) is 12.1. The van der Waals surface area contributed by atoms with Crippen molar-refractivity contribution in [2.24, 2.45) is 0 Å². The van der Waals surface area contributed by atoms with Gasteiger partial charge in [-0.25, -0.2) is 4.98 Å². The van der Waals surface area contributed by atoms with Gasteiger partial charge in [0.2, 0.25) is 5.88 Å². The number of nitrogens with two attached hydrogens (primary N) is 1. The standard InChI is InChI=1S/C14H18ClN5O/c1-3-6-17-13(10-7-9(15)8-18-14(10)16)11-4-5-12(21-2)20-19-11/h4-5,7-8,13,17H,3,6H2,1-2H3,(H2,16,18). The highest BCUT2D eigenvalue weighted by Crippen LogP contribution is 2.27. The summed E-state index contributed by atoms with van der Waals surface area (Å²) in [4.78, 5) is 4.10. The number of aromatic nitrogens is 3. The summed E-state index contributed by atoms with van der Waals surface area (Å²) in [6.45, 7) is 2.90. The molecule has 0 aliphatic rings. The highest BCUT2D eigenvalue weighted by Gasteiger charge is 2.19. The Labute approximate surface area is 128 Å². The predicted octanol–water partition coefficient (Wildman–Crippen LogP) is 2.20. The Morgan fingerprint density at radius 3 is 2.81 bits per heavy atom. The molecule has 0 spiro atoms. The summed E-state index contributed by atoms with van der Waals surface area (Å²) in [7, 11) is 1.55. The number of hydrogen-bond donors (Lipinski definition) is 2. The van der Waals surface area contributed by atoms with E-state index in [1.54, 1.807) is 19.2 Å². The van der Waals surface area contributed by atoms with Gasteiger partial charge in [0.05, 0.1) is 23.9 Å². The first kappa shape index (κ1) is 15.5. The van der Waals surface area contributed by atoms with E-state index in [0.717, 1.165) is 24.2 Å². The van der Waals surface area contributed by atoms with Gasteiger partial charge in [0.15, 0.2) is 0 Å². The average Bonchev–Trinajstić information content (AvgIpc) is 2.51. The summed E-state index contributed by atoms with van der Waals surface area (Å²) >= 11 is 6.03. The second-order valence-electron chi connectivity index (χ2n) is 4.52. The Morgan fingerprint density at radius 1 is 1.38 bits per heavy atom. The number of anilines is 1. The van der Waals surface area contributed by atoms with Crippen LogP contribution in [0.15, 0.2) is 24.4 Å². The minimum atomic E-state index is -0.213. The smallest absolute Gasteiger partial charge is 0.233 e. The predicted molar refractivity (Wildman–Crippen MR) is 82.4 cm³/mol. The fourth-order valence-electron chi connectivity index (χ4n) is 1.95. The third-order valence-corrected chi connectivity index (χ3v) is 3.20. The lowest BCUT2D eigenvalue weighted by Crippen LogP contribution is -2.25. The van der Waals surface area contributed by atoms with Gasteiger partial charge in [-0.3, -0.25) is 0 Å². The first-order valence-corrected chi connectivity index (χ1v) is 7.05. The molecule has 6 nitrogen and oxygen atoms in total. The number of nitrogens with zero attached hydrogens (tertiary/aromatic N) is 3. The molecule has 2 heterocycles. The molecule has 0 aliphatic carbocycles. The Hall–Kier alpha value is -1.92. The van der Waals surface area contributed by atoms with Gasteiger partial charge in [0.1, 0.15) is 5.82 Å². The summed E-state index contributed by atoms with van der Waals surface area (Å²) in [6.07, 6.45) is 2.50. The molecular weight excluding hydrogens is 290 g/mol. The molecule has 112 valence electrons. The number of halogens is 1. The van der Waals surface area contributed by atoms with Crippen molar-refractivity contribution < 1.29 is 4.74 Å². The maximum atomic E-state index is 6.03. The molecular formula is C14H18ClN5O. The molecule has 1 atom stereocenters. The minimum Gasteiger partial charge on any atom is -0.480 e. The molecule has 3 N–H and O–H groups in total. The molecule has 2 aromatic rings. The molecule has 0 aliphatic heterocycles. The highest BCUT2D eigenvalue weighted by atomic mass is 35.5. The molecule has 2 rings (SSSR count). The third-order valence-electron chi connectivity index (χ3n) is 2.99. The van der Waals surface area contributed by atoms with Crippen LogP contribution in [-0.4, -0.2) is 28.8 Å². The van der Waals surface area contributed by atoms with Gasteiger partial charge >= 0.3 is 0 Å². The van der Waals surface area contributed by atoms with Gasteiger partial charge in [-0.15, -0.1) is 10.2 Å². The fourth-order valence-corrected chi connectivity index (χ4v) is 2.12. The lowest BCUT2D eigenvalue weighted by atomic mass is 10.0. The molecule has 0 fully saturated rings. The first-order valence-electron chi connectivity index (χ1n) is 6.67. The molecule has 0 amide bonds. The Balaban J connectivity index is 2.38. The van der Waals surface area contributed by atoms with Crippen LogP contribution in [-0.2, 0) is 0 Å². The number of rotatable bonds is 6. The minimum absolute atomic E-state index is 0.213. The topological polar surface area (TPSA) is 86.0 Å². The third kappa shape index (κ3) is 3.80. The maximum absolute atomic E-state index is 6.03. The van der Waals surface area contributed by atoms with Crippen molar-refractivity contribution in [3.63, 3.8) is 0 Å². The quantitative estimate of drug-likeness (QED) is 0.851. The van der Waals surface area contributed by atoms with Crippen LogP contribution in [0.25, 0.3) is 0 Å². The SMILES string of the molecule is CCCNC(c1ccc(OC)nn1)c1cc(Cl)cnc1N. The van der Waals surface area contributed by atoms with Crippen molar-refractivity contribution in [2.45, 2.75) is 19.4 Å².